The number of esters is 2. The van der Waals surface area contributed by atoms with Crippen molar-refractivity contribution >= 4 is 17.8 Å². The molecule has 6 nitrogen and oxygen atoms in total. The van der Waals surface area contributed by atoms with Crippen molar-refractivity contribution < 1.29 is 37.0 Å². The average Bonchev–Trinajstić information content (AvgIpc) is 2.89. The van der Waals surface area contributed by atoms with Crippen molar-refractivity contribution in [1.29, 1.82) is 0 Å². The lowest BCUT2D eigenvalue weighted by atomic mass is 10.1. The predicted octanol–water partition coefficient (Wildman–Crippen LogP) is 5.07. The summed E-state index contributed by atoms with van der Waals surface area (Å²) in [4.78, 5) is 37.7. The molecular weight excluding hydrogens is 475 g/mol. The molecule has 3 aromatic carbocycles. The molecule has 0 aromatic heterocycles. The van der Waals surface area contributed by atoms with E-state index < -0.39 is 41.2 Å². The van der Waals surface area contributed by atoms with E-state index in [2.05, 4.69) is 5.32 Å². The Balaban J connectivity index is 1.68. The Kier molecular flexibility index (Phi) is 9.21. The van der Waals surface area contributed by atoms with Gasteiger partial charge in [-0.15, -0.1) is 0 Å². The molecule has 0 aliphatic heterocycles. The molecule has 36 heavy (non-hydrogen) atoms. The number of nitrogens with one attached hydrogen (secondary N) is 1. The van der Waals surface area contributed by atoms with Crippen LogP contribution in [-0.2, 0) is 38.5 Å². The van der Waals surface area contributed by atoms with Crippen molar-refractivity contribution in [3.8, 4) is 0 Å². The van der Waals surface area contributed by atoms with E-state index in [-0.39, 0.29) is 26.1 Å². The number of benzene rings is 3. The summed E-state index contributed by atoms with van der Waals surface area (Å²) in [5.41, 5.74) is -0.332. The monoisotopic (exact) mass is 499 g/mol. The van der Waals surface area contributed by atoms with E-state index in [1.54, 1.807) is 54.6 Å². The predicted molar refractivity (Wildman–Crippen MR) is 124 cm³/mol. The minimum Gasteiger partial charge on any atom is -0.461 e. The molecule has 0 radical (unpaired) electrons. The maximum Gasteiger partial charge on any atom is 0.417 e. The Hall–Kier alpha value is -4.14. The Morgan fingerprint density at radius 2 is 1.28 bits per heavy atom. The van der Waals surface area contributed by atoms with Crippen LogP contribution in [0.15, 0.2) is 84.9 Å². The molecule has 1 unspecified atom stereocenters. The van der Waals surface area contributed by atoms with E-state index in [1.165, 1.54) is 6.07 Å². The van der Waals surface area contributed by atoms with Crippen molar-refractivity contribution in [3.05, 3.63) is 107 Å². The van der Waals surface area contributed by atoms with Crippen molar-refractivity contribution in [1.82, 2.24) is 5.32 Å². The molecule has 1 atom stereocenters. The van der Waals surface area contributed by atoms with Gasteiger partial charge in [-0.3, -0.25) is 9.59 Å². The SMILES string of the molecule is O=C(CCC(NC(=O)c1ccccc1C(F)(F)F)C(=O)OCc1ccccc1)OCc1ccccc1. The summed E-state index contributed by atoms with van der Waals surface area (Å²) >= 11 is 0. The highest BCUT2D eigenvalue weighted by Gasteiger charge is 2.35. The lowest BCUT2D eigenvalue weighted by Gasteiger charge is -2.19. The van der Waals surface area contributed by atoms with Gasteiger partial charge in [0.2, 0.25) is 0 Å². The molecule has 9 heteroatoms. The Labute approximate surface area is 206 Å². The van der Waals surface area contributed by atoms with Gasteiger partial charge in [-0.2, -0.15) is 13.2 Å². The van der Waals surface area contributed by atoms with Crippen molar-refractivity contribution in [2.75, 3.05) is 0 Å². The van der Waals surface area contributed by atoms with Crippen molar-refractivity contribution in [2.45, 2.75) is 38.3 Å². The van der Waals surface area contributed by atoms with Crippen LogP contribution in [0.5, 0.6) is 0 Å². The van der Waals surface area contributed by atoms with Crippen molar-refractivity contribution in [2.24, 2.45) is 0 Å². The zero-order chi connectivity index (χ0) is 26.0. The molecule has 1 N–H and O–H groups in total. The van der Waals surface area contributed by atoms with Crippen molar-refractivity contribution in [3.63, 3.8) is 0 Å². The zero-order valence-corrected chi connectivity index (χ0v) is 19.2. The molecule has 0 saturated carbocycles. The molecule has 1 amide bonds. The number of alkyl halides is 3. The average molecular weight is 499 g/mol. The molecule has 3 rings (SSSR count). The lowest BCUT2D eigenvalue weighted by molar-refractivity contribution is -0.148. The number of carbonyl (C=O) groups excluding carboxylic acids is 3. The van der Waals surface area contributed by atoms with Gasteiger partial charge in [-0.1, -0.05) is 72.8 Å². The van der Waals surface area contributed by atoms with E-state index in [0.29, 0.717) is 5.56 Å². The van der Waals surface area contributed by atoms with Gasteiger partial charge >= 0.3 is 18.1 Å². The van der Waals surface area contributed by atoms with Crippen LogP contribution in [-0.4, -0.2) is 23.9 Å². The molecule has 0 heterocycles. The van der Waals surface area contributed by atoms with Crippen LogP contribution in [0.3, 0.4) is 0 Å². The number of rotatable bonds is 10. The summed E-state index contributed by atoms with van der Waals surface area (Å²) in [5.74, 6) is -2.63. The molecule has 0 aliphatic rings. The molecule has 3 aromatic rings. The first kappa shape index (κ1) is 26.5. The third-order valence-corrected chi connectivity index (χ3v) is 5.17. The number of halogens is 3. The maximum atomic E-state index is 13.4. The Morgan fingerprint density at radius 3 is 1.86 bits per heavy atom. The van der Waals surface area contributed by atoms with Gasteiger partial charge in [-0.05, 0) is 29.7 Å². The molecule has 0 bridgehead atoms. The van der Waals surface area contributed by atoms with Gasteiger partial charge in [0.1, 0.15) is 19.3 Å². The van der Waals surface area contributed by atoms with Crippen LogP contribution in [0.25, 0.3) is 0 Å². The highest BCUT2D eigenvalue weighted by Crippen LogP contribution is 2.31. The largest absolute Gasteiger partial charge is 0.461 e. The van der Waals surface area contributed by atoms with E-state index in [0.717, 1.165) is 23.8 Å². The lowest BCUT2D eigenvalue weighted by Crippen LogP contribution is -2.42. The first-order valence-corrected chi connectivity index (χ1v) is 11.1. The number of amides is 1. The van der Waals surface area contributed by atoms with Crippen LogP contribution >= 0.6 is 0 Å². The fourth-order valence-electron chi connectivity index (χ4n) is 3.31. The summed E-state index contributed by atoms with van der Waals surface area (Å²) in [5, 5.41) is 2.29. The molecule has 0 aliphatic carbocycles. The number of hydrogen-bond acceptors (Lipinski definition) is 5. The quantitative estimate of drug-likeness (QED) is 0.394. The van der Waals surface area contributed by atoms with Gasteiger partial charge in [0.25, 0.3) is 5.91 Å². The van der Waals surface area contributed by atoms with Crippen LogP contribution < -0.4 is 5.32 Å². The van der Waals surface area contributed by atoms with E-state index in [1.807, 2.05) is 6.07 Å². The fraction of sp³-hybridized carbons (Fsp3) is 0.222. The first-order valence-electron chi connectivity index (χ1n) is 11.1. The minimum atomic E-state index is -4.77. The minimum absolute atomic E-state index is 0.0219. The van der Waals surface area contributed by atoms with Crippen LogP contribution in [0, 0.1) is 0 Å². The topological polar surface area (TPSA) is 81.7 Å². The van der Waals surface area contributed by atoms with E-state index >= 15 is 0 Å². The second kappa shape index (κ2) is 12.5. The zero-order valence-electron chi connectivity index (χ0n) is 19.2. The summed E-state index contributed by atoms with van der Waals surface area (Å²) in [7, 11) is 0. The van der Waals surface area contributed by atoms with Gasteiger partial charge in [0.05, 0.1) is 11.1 Å². The molecular formula is C27H24F3NO5. The van der Waals surface area contributed by atoms with Crippen LogP contribution in [0.1, 0.15) is 39.9 Å². The van der Waals surface area contributed by atoms with Crippen LogP contribution in [0.4, 0.5) is 13.2 Å². The molecule has 0 spiro atoms. The van der Waals surface area contributed by atoms with Crippen LogP contribution in [0.2, 0.25) is 0 Å². The van der Waals surface area contributed by atoms with Gasteiger partial charge < -0.3 is 14.8 Å². The highest BCUT2D eigenvalue weighted by atomic mass is 19.4. The van der Waals surface area contributed by atoms with E-state index in [9.17, 15) is 27.6 Å². The summed E-state index contributed by atoms with van der Waals surface area (Å²) < 4.78 is 50.5. The number of hydrogen-bond donors (Lipinski definition) is 1. The Bertz CT molecular complexity index is 1170. The summed E-state index contributed by atoms with van der Waals surface area (Å²) in [6.07, 6.45) is -5.25. The summed E-state index contributed by atoms with van der Waals surface area (Å²) in [6, 6.07) is 20.5. The fourth-order valence-corrected chi connectivity index (χ4v) is 3.31. The van der Waals surface area contributed by atoms with Gasteiger partial charge in [0, 0.05) is 6.42 Å². The van der Waals surface area contributed by atoms with E-state index in [4.69, 9.17) is 9.47 Å². The first-order chi connectivity index (χ1) is 17.2. The molecule has 0 fully saturated rings. The smallest absolute Gasteiger partial charge is 0.417 e. The molecule has 0 saturated heterocycles. The highest BCUT2D eigenvalue weighted by molar-refractivity contribution is 5.98. The second-order valence-corrected chi connectivity index (χ2v) is 7.85. The number of ether oxygens (including phenoxy) is 2. The van der Waals surface area contributed by atoms with Gasteiger partial charge in [0.15, 0.2) is 0 Å². The summed E-state index contributed by atoms with van der Waals surface area (Å²) in [6.45, 7) is -0.0856. The maximum absolute atomic E-state index is 13.4. The Morgan fingerprint density at radius 1 is 0.750 bits per heavy atom. The second-order valence-electron chi connectivity index (χ2n) is 7.85. The normalized spacial score (nSPS) is 11.9. The standard InChI is InChI=1S/C27H24F3NO5/c28-27(29,30)22-14-8-7-13-21(22)25(33)31-23(26(34)36-18-20-11-5-2-6-12-20)15-16-24(32)35-17-19-9-3-1-4-10-19/h1-14,23H,15-18H2,(H,31,33). The third kappa shape index (κ3) is 7.97. The third-order valence-electron chi connectivity index (χ3n) is 5.17. The number of carbonyl (C=O) groups is 3. The van der Waals surface area contributed by atoms with Gasteiger partial charge in [-0.25, -0.2) is 4.79 Å². The molecule has 188 valence electrons.